The SMILES string of the molecule is C#CCCC1(O)CC1. The fraction of sp³-hybridized carbons (Fsp3) is 0.714. The molecule has 44 valence electrons. The topological polar surface area (TPSA) is 20.2 Å². The fourth-order valence-electron chi connectivity index (χ4n) is 0.699. The highest BCUT2D eigenvalue weighted by Gasteiger charge is 2.38. The van der Waals surface area contributed by atoms with Crippen LogP contribution in [0.3, 0.4) is 0 Å². The summed E-state index contributed by atoms with van der Waals surface area (Å²) < 4.78 is 0. The molecule has 1 rings (SSSR count). The summed E-state index contributed by atoms with van der Waals surface area (Å²) in [5.74, 6) is 2.50. The average Bonchev–Trinajstić information content (AvgIpc) is 2.45. The van der Waals surface area contributed by atoms with Crippen molar-refractivity contribution < 1.29 is 5.11 Å². The van der Waals surface area contributed by atoms with Crippen LogP contribution in [0.25, 0.3) is 0 Å². The third kappa shape index (κ3) is 1.24. The van der Waals surface area contributed by atoms with Crippen molar-refractivity contribution in [3.05, 3.63) is 0 Å². The van der Waals surface area contributed by atoms with Gasteiger partial charge in [-0.25, -0.2) is 0 Å². The van der Waals surface area contributed by atoms with Crippen LogP contribution >= 0.6 is 0 Å². The lowest BCUT2D eigenvalue weighted by atomic mass is 10.2. The summed E-state index contributed by atoms with van der Waals surface area (Å²) in [6.45, 7) is 0. The van der Waals surface area contributed by atoms with Gasteiger partial charge in [0.2, 0.25) is 0 Å². The second-order valence-electron chi connectivity index (χ2n) is 2.43. The normalized spacial score (nSPS) is 22.0. The van der Waals surface area contributed by atoms with Crippen molar-refractivity contribution >= 4 is 0 Å². The van der Waals surface area contributed by atoms with Crippen LogP contribution in [0.4, 0.5) is 0 Å². The molecule has 0 aromatic carbocycles. The van der Waals surface area contributed by atoms with Crippen molar-refractivity contribution in [3.63, 3.8) is 0 Å². The predicted molar refractivity (Wildman–Crippen MR) is 32.3 cm³/mol. The molecule has 0 radical (unpaired) electrons. The summed E-state index contributed by atoms with van der Waals surface area (Å²) >= 11 is 0. The van der Waals surface area contributed by atoms with Gasteiger partial charge in [0, 0.05) is 6.42 Å². The van der Waals surface area contributed by atoms with Crippen LogP contribution in [0.5, 0.6) is 0 Å². The molecule has 1 fully saturated rings. The van der Waals surface area contributed by atoms with Gasteiger partial charge in [0.25, 0.3) is 0 Å². The van der Waals surface area contributed by atoms with E-state index in [1.165, 1.54) is 0 Å². The minimum Gasteiger partial charge on any atom is -0.390 e. The van der Waals surface area contributed by atoms with Gasteiger partial charge in [-0.05, 0) is 19.3 Å². The Morgan fingerprint density at radius 1 is 1.62 bits per heavy atom. The zero-order valence-electron chi connectivity index (χ0n) is 4.85. The van der Waals surface area contributed by atoms with E-state index in [2.05, 4.69) is 5.92 Å². The van der Waals surface area contributed by atoms with Gasteiger partial charge in [-0.1, -0.05) is 0 Å². The molecule has 1 N–H and O–H groups in total. The molecule has 8 heavy (non-hydrogen) atoms. The molecule has 1 aliphatic rings. The second-order valence-corrected chi connectivity index (χ2v) is 2.43. The van der Waals surface area contributed by atoms with Crippen molar-refractivity contribution in [1.29, 1.82) is 0 Å². The van der Waals surface area contributed by atoms with Gasteiger partial charge in [-0.2, -0.15) is 0 Å². The number of aliphatic hydroxyl groups is 1. The monoisotopic (exact) mass is 110 g/mol. The van der Waals surface area contributed by atoms with E-state index in [0.29, 0.717) is 0 Å². The number of hydrogen-bond donors (Lipinski definition) is 1. The van der Waals surface area contributed by atoms with Crippen molar-refractivity contribution in [3.8, 4) is 12.3 Å². The first-order chi connectivity index (χ1) is 3.77. The molecular weight excluding hydrogens is 100 g/mol. The van der Waals surface area contributed by atoms with Crippen molar-refractivity contribution in [2.45, 2.75) is 31.3 Å². The minimum absolute atomic E-state index is 0.341. The van der Waals surface area contributed by atoms with E-state index in [1.54, 1.807) is 0 Å². The highest BCUT2D eigenvalue weighted by molar-refractivity contribution is 4.97. The molecule has 1 nitrogen and oxygen atoms in total. The number of rotatable bonds is 2. The lowest BCUT2D eigenvalue weighted by molar-refractivity contribution is 0.142. The summed E-state index contributed by atoms with van der Waals surface area (Å²) in [6.07, 6.45) is 8.42. The van der Waals surface area contributed by atoms with Gasteiger partial charge in [-0.3, -0.25) is 0 Å². The largest absolute Gasteiger partial charge is 0.390 e. The Labute approximate surface area is 49.7 Å². The van der Waals surface area contributed by atoms with Crippen LogP contribution < -0.4 is 0 Å². The molecule has 1 saturated carbocycles. The Balaban J connectivity index is 2.12. The van der Waals surface area contributed by atoms with Crippen LogP contribution in [-0.4, -0.2) is 10.7 Å². The minimum atomic E-state index is -0.341. The first-order valence-electron chi connectivity index (χ1n) is 2.93. The summed E-state index contributed by atoms with van der Waals surface area (Å²) in [7, 11) is 0. The Morgan fingerprint density at radius 2 is 2.25 bits per heavy atom. The molecule has 0 saturated heterocycles. The Bertz CT molecular complexity index is 117. The van der Waals surface area contributed by atoms with Crippen molar-refractivity contribution in [2.75, 3.05) is 0 Å². The van der Waals surface area contributed by atoms with Crippen molar-refractivity contribution in [1.82, 2.24) is 0 Å². The Kier molecular flexibility index (Phi) is 1.27. The lowest BCUT2D eigenvalue weighted by Gasteiger charge is -2.00. The van der Waals surface area contributed by atoms with E-state index >= 15 is 0 Å². The predicted octanol–water partition coefficient (Wildman–Crippen LogP) is 0.925. The van der Waals surface area contributed by atoms with E-state index in [1.807, 2.05) is 0 Å². The van der Waals surface area contributed by atoms with Gasteiger partial charge >= 0.3 is 0 Å². The Morgan fingerprint density at radius 3 is 2.62 bits per heavy atom. The molecule has 1 heteroatoms. The maximum atomic E-state index is 9.16. The molecular formula is C7H10O. The molecule has 0 aromatic heterocycles. The van der Waals surface area contributed by atoms with Gasteiger partial charge in [0.05, 0.1) is 5.60 Å². The first-order valence-corrected chi connectivity index (χ1v) is 2.93. The van der Waals surface area contributed by atoms with Gasteiger partial charge in [0.1, 0.15) is 0 Å². The molecule has 0 heterocycles. The molecule has 1 aliphatic carbocycles. The molecule has 0 amide bonds. The van der Waals surface area contributed by atoms with E-state index in [4.69, 9.17) is 11.5 Å². The number of hydrogen-bond acceptors (Lipinski definition) is 1. The Hall–Kier alpha value is -0.480. The maximum Gasteiger partial charge on any atom is 0.0659 e. The smallest absolute Gasteiger partial charge is 0.0659 e. The maximum absolute atomic E-state index is 9.16. The van der Waals surface area contributed by atoms with Crippen LogP contribution in [-0.2, 0) is 0 Å². The van der Waals surface area contributed by atoms with E-state index in [9.17, 15) is 0 Å². The standard InChI is InChI=1S/C7H10O/c1-2-3-4-7(8)5-6-7/h1,8H,3-6H2. The quantitative estimate of drug-likeness (QED) is 0.524. The van der Waals surface area contributed by atoms with E-state index in [0.717, 1.165) is 25.7 Å². The second kappa shape index (κ2) is 1.80. The van der Waals surface area contributed by atoms with Gasteiger partial charge in [-0.15, -0.1) is 12.3 Å². The first kappa shape index (κ1) is 5.65. The summed E-state index contributed by atoms with van der Waals surface area (Å²) in [5, 5.41) is 9.16. The average molecular weight is 110 g/mol. The van der Waals surface area contributed by atoms with Gasteiger partial charge < -0.3 is 5.11 Å². The van der Waals surface area contributed by atoms with Crippen LogP contribution in [0, 0.1) is 12.3 Å². The van der Waals surface area contributed by atoms with Gasteiger partial charge in [0.15, 0.2) is 0 Å². The summed E-state index contributed by atoms with van der Waals surface area (Å²) in [5.41, 5.74) is -0.341. The van der Waals surface area contributed by atoms with E-state index < -0.39 is 0 Å². The molecule has 0 aliphatic heterocycles. The molecule has 0 atom stereocenters. The van der Waals surface area contributed by atoms with Crippen LogP contribution in [0.2, 0.25) is 0 Å². The summed E-state index contributed by atoms with van der Waals surface area (Å²) in [4.78, 5) is 0. The highest BCUT2D eigenvalue weighted by atomic mass is 16.3. The summed E-state index contributed by atoms with van der Waals surface area (Å²) in [6, 6.07) is 0. The zero-order valence-corrected chi connectivity index (χ0v) is 4.85. The molecule has 0 bridgehead atoms. The van der Waals surface area contributed by atoms with E-state index in [-0.39, 0.29) is 5.60 Å². The number of terminal acetylenes is 1. The highest BCUT2D eigenvalue weighted by Crippen LogP contribution is 2.38. The molecule has 0 aromatic rings. The third-order valence-corrected chi connectivity index (χ3v) is 1.56. The van der Waals surface area contributed by atoms with Crippen LogP contribution in [0.1, 0.15) is 25.7 Å². The van der Waals surface area contributed by atoms with Crippen molar-refractivity contribution in [2.24, 2.45) is 0 Å². The zero-order chi connectivity index (χ0) is 6.04. The molecule has 0 unspecified atom stereocenters. The lowest BCUT2D eigenvalue weighted by Crippen LogP contribution is -2.04. The molecule has 0 spiro atoms. The fourth-order valence-corrected chi connectivity index (χ4v) is 0.699. The third-order valence-electron chi connectivity index (χ3n) is 1.56. The van der Waals surface area contributed by atoms with Crippen LogP contribution in [0.15, 0.2) is 0 Å².